The zero-order valence-electron chi connectivity index (χ0n) is 22.2. The molecule has 8 heteroatoms. The quantitative estimate of drug-likeness (QED) is 0.347. The Labute approximate surface area is 224 Å². The first-order valence-corrected chi connectivity index (χ1v) is 13.8. The molecule has 1 saturated heterocycles. The van der Waals surface area contributed by atoms with E-state index in [1.165, 1.54) is 16.7 Å². The second-order valence-electron chi connectivity index (χ2n) is 10.6. The molecule has 0 spiro atoms. The van der Waals surface area contributed by atoms with Crippen LogP contribution in [0.2, 0.25) is 0 Å². The molecule has 1 atom stereocenters. The molecule has 38 heavy (non-hydrogen) atoms. The van der Waals surface area contributed by atoms with E-state index < -0.39 is 6.10 Å². The zero-order chi connectivity index (χ0) is 26.2. The van der Waals surface area contributed by atoms with E-state index in [2.05, 4.69) is 45.2 Å². The highest BCUT2D eigenvalue weighted by molar-refractivity contribution is 5.90. The first-order valence-electron chi connectivity index (χ1n) is 13.8. The number of nitrogens with zero attached hydrogens (tertiary/aromatic N) is 3. The van der Waals surface area contributed by atoms with Gasteiger partial charge in [0.1, 0.15) is 12.0 Å². The summed E-state index contributed by atoms with van der Waals surface area (Å²) in [5.74, 6) is 0.967. The van der Waals surface area contributed by atoms with Crippen LogP contribution in [0.5, 0.6) is 5.75 Å². The van der Waals surface area contributed by atoms with E-state index in [0.29, 0.717) is 26.0 Å². The Bertz CT molecular complexity index is 1340. The van der Waals surface area contributed by atoms with Gasteiger partial charge in [0.2, 0.25) is 0 Å². The van der Waals surface area contributed by atoms with Gasteiger partial charge in [-0.25, -0.2) is 4.98 Å². The van der Waals surface area contributed by atoms with Crippen molar-refractivity contribution in [2.45, 2.75) is 45.4 Å². The maximum Gasteiger partial charge on any atom is 0.123 e. The van der Waals surface area contributed by atoms with Crippen LogP contribution in [0.4, 0.5) is 0 Å². The fourth-order valence-corrected chi connectivity index (χ4v) is 6.20. The van der Waals surface area contributed by atoms with Gasteiger partial charge in [-0.15, -0.1) is 0 Å². The number of carbonyl (C=O) groups excluding carboxylic acids is 1. The van der Waals surface area contributed by atoms with E-state index in [1.54, 1.807) is 6.92 Å². The van der Waals surface area contributed by atoms with E-state index in [1.807, 2.05) is 0 Å². The van der Waals surface area contributed by atoms with Crippen molar-refractivity contribution in [3.63, 3.8) is 0 Å². The second-order valence-corrected chi connectivity index (χ2v) is 10.6. The van der Waals surface area contributed by atoms with Gasteiger partial charge in [0.05, 0.1) is 36.2 Å². The summed E-state index contributed by atoms with van der Waals surface area (Å²) in [6.07, 6.45) is 4.21. The fraction of sp³-hybridized carbons (Fsp3) is 0.467. The molecule has 6 rings (SSSR count). The van der Waals surface area contributed by atoms with Gasteiger partial charge in [0, 0.05) is 75.3 Å². The van der Waals surface area contributed by atoms with Gasteiger partial charge in [-0.05, 0) is 53.8 Å². The standard InChI is InChI=1S/C30H37N5O3/c1-19-22(4-3-12-36)23(20(2)37)15-28-30-26(18-35(19)28)25(17-32-8-11-34-9-6-31-7-10-34)24-16-29-21(5-13-38-29)14-27(24)33-30/h12,14-16,20,31-32,37H,1,3-11,13,17-18H2,2H3. The van der Waals surface area contributed by atoms with Gasteiger partial charge < -0.3 is 30.2 Å². The third-order valence-corrected chi connectivity index (χ3v) is 8.26. The molecule has 0 aliphatic carbocycles. The van der Waals surface area contributed by atoms with Crippen molar-refractivity contribution >= 4 is 22.9 Å². The minimum atomic E-state index is -0.654. The van der Waals surface area contributed by atoms with Crippen molar-refractivity contribution in [2.75, 3.05) is 45.9 Å². The molecule has 1 fully saturated rings. The van der Waals surface area contributed by atoms with Crippen LogP contribution in [0, 0.1) is 0 Å². The molecule has 4 aliphatic heterocycles. The molecule has 200 valence electrons. The number of nitrogens with one attached hydrogen (secondary N) is 2. The lowest BCUT2D eigenvalue weighted by molar-refractivity contribution is -0.107. The monoisotopic (exact) mass is 515 g/mol. The molecule has 0 radical (unpaired) electrons. The van der Waals surface area contributed by atoms with Crippen molar-refractivity contribution in [3.05, 3.63) is 64.0 Å². The number of fused-ring (bicyclic) bond motifs is 5. The number of pyridine rings is 1. The summed E-state index contributed by atoms with van der Waals surface area (Å²) in [7, 11) is 0. The van der Waals surface area contributed by atoms with Crippen LogP contribution < -0.4 is 15.4 Å². The van der Waals surface area contributed by atoms with E-state index in [-0.39, 0.29) is 0 Å². The number of piperazine rings is 1. The summed E-state index contributed by atoms with van der Waals surface area (Å²) in [6.45, 7) is 14.6. The van der Waals surface area contributed by atoms with E-state index in [4.69, 9.17) is 9.72 Å². The van der Waals surface area contributed by atoms with Crippen molar-refractivity contribution in [1.82, 2.24) is 25.4 Å². The Morgan fingerprint density at radius 3 is 2.95 bits per heavy atom. The maximum absolute atomic E-state index is 11.1. The lowest BCUT2D eigenvalue weighted by atomic mass is 9.92. The van der Waals surface area contributed by atoms with E-state index in [9.17, 15) is 9.90 Å². The van der Waals surface area contributed by atoms with Gasteiger partial charge in [0.15, 0.2) is 0 Å². The third kappa shape index (κ3) is 4.56. The number of ether oxygens (including phenoxy) is 1. The number of aromatic nitrogens is 1. The molecule has 0 amide bonds. The number of allylic oxidation sites excluding steroid dienone is 1. The van der Waals surface area contributed by atoms with Crippen molar-refractivity contribution < 1.29 is 14.6 Å². The Morgan fingerprint density at radius 1 is 1.32 bits per heavy atom. The third-order valence-electron chi connectivity index (χ3n) is 8.26. The molecular formula is C30H37N5O3. The number of hydrogen-bond acceptors (Lipinski definition) is 8. The summed E-state index contributed by atoms with van der Waals surface area (Å²) in [5.41, 5.74) is 9.21. The predicted octanol–water partition coefficient (Wildman–Crippen LogP) is 2.50. The summed E-state index contributed by atoms with van der Waals surface area (Å²) in [6, 6.07) is 4.36. The molecule has 1 aromatic heterocycles. The second kappa shape index (κ2) is 10.6. The molecule has 1 aromatic carbocycles. The molecule has 4 aliphatic rings. The van der Waals surface area contributed by atoms with Gasteiger partial charge in [0.25, 0.3) is 0 Å². The van der Waals surface area contributed by atoms with Gasteiger partial charge in [-0.2, -0.15) is 0 Å². The van der Waals surface area contributed by atoms with Crippen LogP contribution in [0.15, 0.2) is 41.6 Å². The molecule has 2 aromatic rings. The number of aldehydes is 1. The molecule has 0 bridgehead atoms. The van der Waals surface area contributed by atoms with Crippen molar-refractivity contribution in [3.8, 4) is 5.75 Å². The summed E-state index contributed by atoms with van der Waals surface area (Å²) in [5, 5.41) is 18.9. The minimum absolute atomic E-state index is 0.407. The topological polar surface area (TPSA) is 90.0 Å². The Balaban J connectivity index is 1.38. The number of hydrogen-bond donors (Lipinski definition) is 3. The number of rotatable bonds is 9. The highest BCUT2D eigenvalue weighted by atomic mass is 16.5. The van der Waals surface area contributed by atoms with E-state index >= 15 is 0 Å². The Hall–Kier alpha value is -3.04. The fourth-order valence-electron chi connectivity index (χ4n) is 6.20. The molecule has 0 saturated carbocycles. The van der Waals surface area contributed by atoms with Crippen LogP contribution in [0.25, 0.3) is 16.6 Å². The summed E-state index contributed by atoms with van der Waals surface area (Å²) < 4.78 is 5.93. The highest BCUT2D eigenvalue weighted by Gasteiger charge is 2.35. The maximum atomic E-state index is 11.1. The summed E-state index contributed by atoms with van der Waals surface area (Å²) in [4.78, 5) is 21.0. The average Bonchev–Trinajstić information content (AvgIpc) is 3.53. The van der Waals surface area contributed by atoms with Crippen LogP contribution in [0.3, 0.4) is 0 Å². The minimum Gasteiger partial charge on any atom is -0.493 e. The van der Waals surface area contributed by atoms with Crippen LogP contribution in [-0.2, 0) is 24.3 Å². The predicted molar refractivity (Wildman–Crippen MR) is 149 cm³/mol. The van der Waals surface area contributed by atoms with Crippen molar-refractivity contribution in [2.24, 2.45) is 0 Å². The summed E-state index contributed by atoms with van der Waals surface area (Å²) >= 11 is 0. The van der Waals surface area contributed by atoms with Crippen LogP contribution in [-0.4, -0.2) is 78.2 Å². The number of benzene rings is 1. The number of aliphatic hydroxyl groups excluding tert-OH is 1. The molecule has 3 N–H and O–H groups in total. The van der Waals surface area contributed by atoms with Crippen molar-refractivity contribution in [1.29, 1.82) is 0 Å². The molecule has 5 heterocycles. The van der Waals surface area contributed by atoms with Gasteiger partial charge >= 0.3 is 0 Å². The smallest absolute Gasteiger partial charge is 0.123 e. The van der Waals surface area contributed by atoms with Gasteiger partial charge in [-0.1, -0.05) is 6.58 Å². The lowest BCUT2D eigenvalue weighted by Crippen LogP contribution is -2.45. The number of aliphatic hydroxyl groups is 1. The highest BCUT2D eigenvalue weighted by Crippen LogP contribution is 2.45. The number of carbonyl (C=O) groups is 1. The first kappa shape index (κ1) is 25.2. The Kier molecular flexibility index (Phi) is 7.05. The largest absolute Gasteiger partial charge is 0.493 e. The van der Waals surface area contributed by atoms with Gasteiger partial charge in [-0.3, -0.25) is 4.90 Å². The first-order chi connectivity index (χ1) is 18.5. The molecule has 8 nitrogen and oxygen atoms in total. The average molecular weight is 516 g/mol. The lowest BCUT2D eigenvalue weighted by Gasteiger charge is -2.31. The normalized spacial score (nSPS) is 19.8. The van der Waals surface area contributed by atoms with Crippen LogP contribution >= 0.6 is 0 Å². The van der Waals surface area contributed by atoms with E-state index in [0.717, 1.165) is 103 Å². The SMILES string of the molecule is C=C1C(CCC=O)=C(C(C)O)C=C2c3nc4cc5c(cc4c(CNCCN4CCNCC4)c3CN12)OCC5. The zero-order valence-corrected chi connectivity index (χ0v) is 22.2. The molecular weight excluding hydrogens is 478 g/mol. The van der Waals surface area contributed by atoms with Crippen LogP contribution in [0.1, 0.15) is 42.1 Å². The Morgan fingerprint density at radius 2 is 2.16 bits per heavy atom. The molecule has 1 unspecified atom stereocenters.